The number of aromatic nitrogens is 2. The smallest absolute Gasteiger partial charge is 0.731 e. The largest absolute Gasteiger partial charge is 1.00 e. The Hall–Kier alpha value is -0.400. The topological polar surface area (TPSA) is 75.0 Å². The number of para-hydroxylation sites is 2. The molecular weight excluding hydrogens is 431 g/mol. The van der Waals surface area contributed by atoms with E-state index in [0.29, 0.717) is 23.3 Å². The van der Waals surface area contributed by atoms with Crippen LogP contribution in [0.1, 0.15) is 115 Å². The van der Waals surface area contributed by atoms with E-state index in [-0.39, 0.29) is 29.6 Å². The molecule has 7 heteroatoms. The van der Waals surface area contributed by atoms with Crippen molar-refractivity contribution in [3.05, 3.63) is 30.1 Å². The van der Waals surface area contributed by atoms with Crippen LogP contribution in [0.4, 0.5) is 0 Å². The van der Waals surface area contributed by atoms with E-state index in [1.165, 1.54) is 83.5 Å². The van der Waals surface area contributed by atoms with Gasteiger partial charge in [0.1, 0.15) is 5.82 Å². The van der Waals surface area contributed by atoms with Crippen LogP contribution in [0, 0.1) is 0 Å². The van der Waals surface area contributed by atoms with Gasteiger partial charge < -0.3 is 4.55 Å². The maximum atomic E-state index is 11.7. The summed E-state index contributed by atoms with van der Waals surface area (Å²) in [6.07, 6.45) is 21.3. The molecule has 0 bridgehead atoms. The molecule has 5 nitrogen and oxygen atoms in total. The summed E-state index contributed by atoms with van der Waals surface area (Å²) >= 11 is 0. The van der Waals surface area contributed by atoms with E-state index in [4.69, 9.17) is 0 Å². The summed E-state index contributed by atoms with van der Waals surface area (Å²) in [7, 11) is -4.58. The molecule has 0 aliphatic carbocycles. The first-order valence-electron chi connectivity index (χ1n) is 12.5. The molecule has 2 rings (SSSR count). The first-order valence-corrected chi connectivity index (χ1v) is 13.8. The van der Waals surface area contributed by atoms with Crippen LogP contribution in [0.5, 0.6) is 0 Å². The minimum atomic E-state index is -4.58. The van der Waals surface area contributed by atoms with Gasteiger partial charge in [0.2, 0.25) is 0 Å². The van der Waals surface area contributed by atoms with Crippen LogP contribution in [0.2, 0.25) is 0 Å². The standard InChI is InChI=1S/C25H42N2O3S.Na/c1-2-3-4-5-6-7-8-9-10-11-12-13-14-15-16-17-22-25-26-23-20-18-19-21-24(23)27(25)31(28,29)30;/h18-21H,2-17,22H2,1H3,(H,28,29,30);/q;+1/p-1. The fourth-order valence-corrected chi connectivity index (χ4v) is 5.08. The van der Waals surface area contributed by atoms with Crippen LogP contribution in [0.15, 0.2) is 24.3 Å². The number of aryl methyl sites for hydroxylation is 1. The van der Waals surface area contributed by atoms with Crippen molar-refractivity contribution in [2.75, 3.05) is 0 Å². The molecule has 0 saturated carbocycles. The van der Waals surface area contributed by atoms with E-state index in [1.54, 1.807) is 24.3 Å². The van der Waals surface area contributed by atoms with Gasteiger partial charge in [0.25, 0.3) is 0 Å². The molecule has 0 unspecified atom stereocenters. The van der Waals surface area contributed by atoms with Crippen molar-refractivity contribution in [2.24, 2.45) is 0 Å². The van der Waals surface area contributed by atoms with Crippen LogP contribution < -0.4 is 29.6 Å². The molecule has 0 N–H and O–H groups in total. The zero-order valence-electron chi connectivity index (χ0n) is 20.4. The van der Waals surface area contributed by atoms with Crippen molar-refractivity contribution in [2.45, 2.75) is 116 Å². The predicted octanol–water partition coefficient (Wildman–Crippen LogP) is 4.15. The zero-order valence-corrected chi connectivity index (χ0v) is 23.2. The second kappa shape index (κ2) is 17.1. The Morgan fingerprint density at radius 2 is 1.19 bits per heavy atom. The molecule has 1 heterocycles. The number of hydrogen-bond acceptors (Lipinski definition) is 4. The van der Waals surface area contributed by atoms with Gasteiger partial charge in [-0.05, 0) is 18.6 Å². The summed E-state index contributed by atoms with van der Waals surface area (Å²) in [6.45, 7) is 2.27. The van der Waals surface area contributed by atoms with Gasteiger partial charge in [-0.15, -0.1) is 0 Å². The molecule has 0 amide bonds. The molecule has 0 saturated heterocycles. The first kappa shape index (κ1) is 29.6. The van der Waals surface area contributed by atoms with Crippen LogP contribution in [-0.2, 0) is 16.7 Å². The number of imidazole rings is 1. The molecule has 1 aromatic heterocycles. The SMILES string of the molecule is CCCCCCCCCCCCCCCCCCc1nc2ccccc2n1S(=O)(=O)[O-].[Na+]. The van der Waals surface area contributed by atoms with E-state index in [2.05, 4.69) is 11.9 Å². The maximum Gasteiger partial charge on any atom is 1.00 e. The number of benzene rings is 1. The molecule has 2 aromatic rings. The third kappa shape index (κ3) is 11.1. The number of hydrogen-bond donors (Lipinski definition) is 0. The van der Waals surface area contributed by atoms with Crippen LogP contribution in [0.25, 0.3) is 11.0 Å². The van der Waals surface area contributed by atoms with Gasteiger partial charge >= 0.3 is 29.6 Å². The van der Waals surface area contributed by atoms with E-state index >= 15 is 0 Å². The first-order chi connectivity index (χ1) is 15.0. The average Bonchev–Trinajstić information content (AvgIpc) is 3.12. The summed E-state index contributed by atoms with van der Waals surface area (Å²) in [5, 5.41) is 0. The van der Waals surface area contributed by atoms with Gasteiger partial charge in [0, 0.05) is 6.42 Å². The van der Waals surface area contributed by atoms with E-state index in [9.17, 15) is 13.0 Å². The Morgan fingerprint density at radius 1 is 0.750 bits per heavy atom. The van der Waals surface area contributed by atoms with Crippen LogP contribution in [0.3, 0.4) is 0 Å². The number of rotatable bonds is 18. The minimum Gasteiger partial charge on any atom is -0.731 e. The quantitative estimate of drug-likeness (QED) is 0.186. The predicted molar refractivity (Wildman–Crippen MR) is 128 cm³/mol. The van der Waals surface area contributed by atoms with Gasteiger partial charge in [0.05, 0.1) is 11.0 Å². The summed E-state index contributed by atoms with van der Waals surface area (Å²) in [4.78, 5) is 4.37. The van der Waals surface area contributed by atoms with E-state index < -0.39 is 10.3 Å². The Morgan fingerprint density at radius 3 is 1.66 bits per heavy atom. The van der Waals surface area contributed by atoms with Gasteiger partial charge in [-0.2, -0.15) is 0 Å². The van der Waals surface area contributed by atoms with Crippen molar-refractivity contribution in [1.82, 2.24) is 8.96 Å². The summed E-state index contributed by atoms with van der Waals surface area (Å²) in [5.74, 6) is 0.363. The molecule has 0 aliphatic heterocycles. The minimum absolute atomic E-state index is 0. The van der Waals surface area contributed by atoms with Crippen molar-refractivity contribution < 1.29 is 42.5 Å². The molecule has 1 aromatic carbocycles. The number of fused-ring (bicyclic) bond motifs is 1. The van der Waals surface area contributed by atoms with E-state index in [0.717, 1.165) is 23.2 Å². The molecule has 176 valence electrons. The van der Waals surface area contributed by atoms with Crippen LogP contribution in [-0.4, -0.2) is 21.9 Å². The second-order valence-electron chi connectivity index (χ2n) is 8.79. The zero-order chi connectivity index (χ0) is 22.4. The Bertz CT molecular complexity index is 852. The Kier molecular flexibility index (Phi) is 15.8. The molecular formula is C25H41N2NaO3S. The molecule has 0 radical (unpaired) electrons. The Balaban J connectivity index is 0.00000512. The number of nitrogens with zero attached hydrogens (tertiary/aromatic N) is 2. The van der Waals surface area contributed by atoms with Crippen molar-refractivity contribution in [3.8, 4) is 0 Å². The number of unbranched alkanes of at least 4 members (excludes halogenated alkanes) is 15. The molecule has 0 aliphatic rings. The third-order valence-corrected chi connectivity index (χ3v) is 6.92. The summed E-state index contributed by atoms with van der Waals surface area (Å²) in [6, 6.07) is 6.91. The van der Waals surface area contributed by atoms with Gasteiger partial charge in [-0.1, -0.05) is 115 Å². The van der Waals surface area contributed by atoms with Gasteiger partial charge in [0.15, 0.2) is 10.3 Å². The normalized spacial score (nSPS) is 11.7. The summed E-state index contributed by atoms with van der Waals surface area (Å²) < 4.78 is 35.9. The molecule has 0 fully saturated rings. The van der Waals surface area contributed by atoms with Gasteiger partial charge in [-0.25, -0.2) is 17.4 Å². The van der Waals surface area contributed by atoms with Crippen LogP contribution >= 0.6 is 0 Å². The van der Waals surface area contributed by atoms with Crippen molar-refractivity contribution >= 4 is 21.3 Å². The van der Waals surface area contributed by atoms with Crippen molar-refractivity contribution in [3.63, 3.8) is 0 Å². The third-order valence-electron chi connectivity index (χ3n) is 6.06. The summed E-state index contributed by atoms with van der Waals surface area (Å²) in [5.41, 5.74) is 0.942. The Labute approximate surface area is 217 Å². The maximum absolute atomic E-state index is 11.7. The van der Waals surface area contributed by atoms with E-state index in [1.807, 2.05) is 0 Å². The average molecular weight is 473 g/mol. The monoisotopic (exact) mass is 472 g/mol. The fourth-order valence-electron chi connectivity index (χ4n) is 4.29. The molecule has 32 heavy (non-hydrogen) atoms. The van der Waals surface area contributed by atoms with Gasteiger partial charge in [-0.3, -0.25) is 0 Å². The molecule has 0 spiro atoms. The fraction of sp³-hybridized carbons (Fsp3) is 0.720. The molecule has 0 atom stereocenters. The van der Waals surface area contributed by atoms with Crippen molar-refractivity contribution in [1.29, 1.82) is 0 Å². The second-order valence-corrected chi connectivity index (χ2v) is 10.0.